The van der Waals surface area contributed by atoms with Crippen molar-refractivity contribution in [3.63, 3.8) is 0 Å². The van der Waals surface area contributed by atoms with Crippen LogP contribution in [0.3, 0.4) is 0 Å². The summed E-state index contributed by atoms with van der Waals surface area (Å²) in [6.07, 6.45) is 1.73. The zero-order valence-electron chi connectivity index (χ0n) is 10.1. The quantitative estimate of drug-likeness (QED) is 0.523. The zero-order valence-corrected chi connectivity index (χ0v) is 11.8. The van der Waals surface area contributed by atoms with Gasteiger partial charge in [0.05, 0.1) is 0 Å². The number of benzene rings is 1. The summed E-state index contributed by atoms with van der Waals surface area (Å²) in [4.78, 5) is 0. The van der Waals surface area contributed by atoms with Crippen LogP contribution >= 0.6 is 17.0 Å². The second-order valence-electron chi connectivity index (χ2n) is 4.00. The first-order valence-electron chi connectivity index (χ1n) is 5.47. The predicted molar refractivity (Wildman–Crippen MR) is 74.1 cm³/mol. The number of nitrogens with zero attached hydrogens (tertiary/aromatic N) is 1. The lowest BCUT2D eigenvalue weighted by Gasteiger charge is -2.07. The van der Waals surface area contributed by atoms with Crippen molar-refractivity contribution < 1.29 is 9.67 Å². The molecule has 94 valence electrons. The molecule has 2 aromatic rings. The number of aromatic nitrogens is 1. The van der Waals surface area contributed by atoms with E-state index < -0.39 is 5.90 Å². The highest BCUT2D eigenvalue weighted by molar-refractivity contribution is 8.93. The van der Waals surface area contributed by atoms with Crippen LogP contribution in [-0.4, -0.2) is 5.90 Å². The maximum atomic E-state index is 11.0. The van der Waals surface area contributed by atoms with Gasteiger partial charge in [0.1, 0.15) is 0 Å². The van der Waals surface area contributed by atoms with Gasteiger partial charge in [-0.1, -0.05) is 30.3 Å². The van der Waals surface area contributed by atoms with Crippen molar-refractivity contribution in [3.8, 4) is 0 Å². The highest BCUT2D eigenvalue weighted by atomic mass is 79.9. The third-order valence-electron chi connectivity index (χ3n) is 2.71. The van der Waals surface area contributed by atoms with Crippen molar-refractivity contribution in [1.82, 2.24) is 0 Å². The van der Waals surface area contributed by atoms with Crippen molar-refractivity contribution in [2.75, 3.05) is 0 Å². The Morgan fingerprint density at radius 3 is 2.44 bits per heavy atom. The van der Waals surface area contributed by atoms with Crippen LogP contribution in [0.15, 0.2) is 48.7 Å². The Morgan fingerprint density at radius 1 is 1.17 bits per heavy atom. The molecule has 0 fully saturated rings. The summed E-state index contributed by atoms with van der Waals surface area (Å²) in [7, 11) is 0. The molecule has 0 saturated carbocycles. The number of nitrogens with one attached hydrogen (secondary N) is 1. The summed E-state index contributed by atoms with van der Waals surface area (Å²) >= 11 is 0. The van der Waals surface area contributed by atoms with Gasteiger partial charge in [-0.05, 0) is 12.0 Å². The summed E-state index contributed by atoms with van der Waals surface area (Å²) in [5, 5.41) is 18.1. The Labute approximate surface area is 117 Å². The largest absolute Gasteiger partial charge is 0.859 e. The number of hydrogen-bond acceptors (Lipinski definition) is 2. The van der Waals surface area contributed by atoms with Crippen LogP contribution in [0.1, 0.15) is 16.8 Å². The van der Waals surface area contributed by atoms with Gasteiger partial charge in [-0.25, -0.2) is 0 Å². The third-order valence-corrected chi connectivity index (χ3v) is 2.71. The molecule has 4 heteroatoms. The molecule has 1 heterocycles. The van der Waals surface area contributed by atoms with E-state index in [2.05, 4.69) is 0 Å². The minimum atomic E-state index is -0.646. The number of halogens is 1. The van der Waals surface area contributed by atoms with E-state index in [9.17, 15) is 5.11 Å². The average molecular weight is 307 g/mol. The van der Waals surface area contributed by atoms with Crippen LogP contribution in [0, 0.1) is 12.3 Å². The van der Waals surface area contributed by atoms with Gasteiger partial charge in [0, 0.05) is 24.1 Å². The van der Waals surface area contributed by atoms with E-state index in [0.717, 1.165) is 5.69 Å². The van der Waals surface area contributed by atoms with Gasteiger partial charge < -0.3 is 10.5 Å². The molecule has 2 rings (SSSR count). The number of pyridine rings is 1. The number of hydrogen-bond donors (Lipinski definition) is 1. The lowest BCUT2D eigenvalue weighted by atomic mass is 10.2. The van der Waals surface area contributed by atoms with E-state index in [4.69, 9.17) is 5.41 Å². The fourth-order valence-electron chi connectivity index (χ4n) is 1.70. The molecule has 0 radical (unpaired) electrons. The van der Waals surface area contributed by atoms with E-state index in [1.54, 1.807) is 12.3 Å². The van der Waals surface area contributed by atoms with Gasteiger partial charge >= 0.3 is 0 Å². The summed E-state index contributed by atoms with van der Waals surface area (Å²) in [6, 6.07) is 13.6. The number of aryl methyl sites for hydroxylation is 1. The zero-order chi connectivity index (χ0) is 12.3. The van der Waals surface area contributed by atoms with Gasteiger partial charge in [0.15, 0.2) is 18.4 Å². The second kappa shape index (κ2) is 6.31. The van der Waals surface area contributed by atoms with Gasteiger partial charge in [-0.3, -0.25) is 0 Å². The molecule has 1 aromatic carbocycles. The van der Waals surface area contributed by atoms with Crippen LogP contribution in [0.5, 0.6) is 0 Å². The molecule has 3 nitrogen and oxygen atoms in total. The minimum absolute atomic E-state index is 0. The normalized spacial score (nSPS) is 9.61. The Hall–Kier alpha value is -1.68. The molecule has 0 saturated heterocycles. The standard InChI is InChI=1S/C14H14N2O.BrH/c1-11-7-8-13(14(15)17)10-16(11)9-12-5-3-2-4-6-12;/h2-8,10H,9H2,1H3,(H-,15,17);1H. The van der Waals surface area contributed by atoms with Gasteiger partial charge in [-0.2, -0.15) is 4.57 Å². The fourth-order valence-corrected chi connectivity index (χ4v) is 1.70. The maximum Gasteiger partial charge on any atom is 0.178 e. The first-order chi connectivity index (χ1) is 8.16. The summed E-state index contributed by atoms with van der Waals surface area (Å²) in [5.74, 6) is -0.646. The SMILES string of the molecule is Br.Cc1ccc(C(=N)[O-])c[n+]1Cc1ccccc1. The van der Waals surface area contributed by atoms with Gasteiger partial charge in [0.2, 0.25) is 0 Å². The molecule has 0 amide bonds. The van der Waals surface area contributed by atoms with Crippen LogP contribution < -0.4 is 9.67 Å². The molecule has 0 atom stereocenters. The monoisotopic (exact) mass is 306 g/mol. The smallest absolute Gasteiger partial charge is 0.178 e. The third kappa shape index (κ3) is 3.40. The van der Waals surface area contributed by atoms with Crippen molar-refractivity contribution in [1.29, 1.82) is 5.41 Å². The van der Waals surface area contributed by atoms with E-state index >= 15 is 0 Å². The molecule has 0 spiro atoms. The van der Waals surface area contributed by atoms with Crippen molar-refractivity contribution in [2.24, 2.45) is 0 Å². The molecule has 18 heavy (non-hydrogen) atoms. The van der Waals surface area contributed by atoms with Crippen LogP contribution in [0.25, 0.3) is 0 Å². The van der Waals surface area contributed by atoms with E-state index in [-0.39, 0.29) is 17.0 Å². The average Bonchev–Trinajstić information content (AvgIpc) is 2.33. The van der Waals surface area contributed by atoms with E-state index in [1.165, 1.54) is 5.56 Å². The van der Waals surface area contributed by atoms with Gasteiger partial charge in [0.25, 0.3) is 0 Å². The first kappa shape index (κ1) is 14.4. The summed E-state index contributed by atoms with van der Waals surface area (Å²) in [6.45, 7) is 2.70. The Bertz CT molecular complexity index is 541. The van der Waals surface area contributed by atoms with Crippen LogP contribution in [-0.2, 0) is 6.54 Å². The Kier molecular flexibility index (Phi) is 5.04. The van der Waals surface area contributed by atoms with Crippen molar-refractivity contribution in [2.45, 2.75) is 13.5 Å². The molecule has 1 aromatic heterocycles. The van der Waals surface area contributed by atoms with Gasteiger partial charge in [-0.15, -0.1) is 17.0 Å². The summed E-state index contributed by atoms with van der Waals surface area (Å²) < 4.78 is 1.98. The number of rotatable bonds is 3. The van der Waals surface area contributed by atoms with Crippen molar-refractivity contribution >= 4 is 22.9 Å². The van der Waals surface area contributed by atoms with Crippen LogP contribution in [0.4, 0.5) is 0 Å². The molecular formula is C14H15BrN2O. The van der Waals surface area contributed by atoms with Crippen molar-refractivity contribution in [3.05, 3.63) is 65.5 Å². The molecule has 1 N–H and O–H groups in total. The lowest BCUT2D eigenvalue weighted by molar-refractivity contribution is -0.694. The highest BCUT2D eigenvalue weighted by Crippen LogP contribution is 2.01. The van der Waals surface area contributed by atoms with Crippen LogP contribution in [0.2, 0.25) is 0 Å². The molecule has 0 unspecified atom stereocenters. The fraction of sp³-hybridized carbons (Fsp3) is 0.143. The molecular weight excluding hydrogens is 292 g/mol. The summed E-state index contributed by atoms with van der Waals surface area (Å²) in [5.41, 5.74) is 2.67. The molecule has 0 aliphatic carbocycles. The highest BCUT2D eigenvalue weighted by Gasteiger charge is 2.08. The van der Waals surface area contributed by atoms with E-state index in [0.29, 0.717) is 12.1 Å². The molecule has 0 aliphatic rings. The lowest BCUT2D eigenvalue weighted by Crippen LogP contribution is -2.39. The predicted octanol–water partition coefficient (Wildman–Crippen LogP) is 1.59. The Balaban J connectivity index is 0.00000162. The Morgan fingerprint density at radius 2 is 1.83 bits per heavy atom. The second-order valence-corrected chi connectivity index (χ2v) is 4.00. The molecule has 0 aliphatic heterocycles. The maximum absolute atomic E-state index is 11.0. The topological polar surface area (TPSA) is 50.8 Å². The molecule has 0 bridgehead atoms. The first-order valence-corrected chi connectivity index (χ1v) is 5.47. The van der Waals surface area contributed by atoms with E-state index in [1.807, 2.05) is 47.9 Å². The minimum Gasteiger partial charge on any atom is -0.859 e.